The Bertz CT molecular complexity index is 876. The number of hydrogen-bond donors (Lipinski definition) is 0. The number of hydrogen-bond acceptors (Lipinski definition) is 5. The van der Waals surface area contributed by atoms with Crippen LogP contribution in [0.2, 0.25) is 0 Å². The van der Waals surface area contributed by atoms with Crippen LogP contribution in [0.25, 0.3) is 0 Å². The summed E-state index contributed by atoms with van der Waals surface area (Å²) in [6.07, 6.45) is 1.80. The summed E-state index contributed by atoms with van der Waals surface area (Å²) in [5.41, 5.74) is 2.21. The van der Waals surface area contributed by atoms with E-state index in [1.807, 2.05) is 50.2 Å². The van der Waals surface area contributed by atoms with E-state index >= 15 is 0 Å². The Morgan fingerprint density at radius 3 is 2.54 bits per heavy atom. The lowest BCUT2D eigenvalue weighted by molar-refractivity contribution is 0.340. The quantitative estimate of drug-likeness (QED) is 0.394. The molecule has 0 aliphatic carbocycles. The van der Waals surface area contributed by atoms with Gasteiger partial charge in [0.2, 0.25) is 5.16 Å². The van der Waals surface area contributed by atoms with E-state index in [1.165, 1.54) is 5.56 Å². The van der Waals surface area contributed by atoms with Gasteiger partial charge in [0.25, 0.3) is 0 Å². The maximum absolute atomic E-state index is 5.45. The fourth-order valence-corrected chi connectivity index (χ4v) is 3.38. The highest BCUT2D eigenvalue weighted by Gasteiger charge is 2.08. The molecule has 7 heteroatoms. The summed E-state index contributed by atoms with van der Waals surface area (Å²) in [4.78, 5) is 0. The SMILES string of the molecule is CCOc1ccc(/C=N\n2c(C)nnc2SCc2ccc(Br)cc2)cc1. The number of nitrogens with zero attached hydrogens (tertiary/aromatic N) is 4. The molecule has 0 bridgehead atoms. The lowest BCUT2D eigenvalue weighted by atomic mass is 10.2. The second-order valence-electron chi connectivity index (χ2n) is 5.50. The molecule has 0 saturated carbocycles. The summed E-state index contributed by atoms with van der Waals surface area (Å²) < 4.78 is 8.29. The van der Waals surface area contributed by atoms with Gasteiger partial charge in [0.05, 0.1) is 12.8 Å². The summed E-state index contributed by atoms with van der Waals surface area (Å²) in [6.45, 7) is 4.52. The van der Waals surface area contributed by atoms with Crippen LogP contribution in [-0.4, -0.2) is 27.7 Å². The molecule has 5 nitrogen and oxygen atoms in total. The molecule has 3 aromatic rings. The van der Waals surface area contributed by atoms with E-state index in [1.54, 1.807) is 22.7 Å². The van der Waals surface area contributed by atoms with Crippen molar-refractivity contribution < 1.29 is 4.74 Å². The molecule has 0 N–H and O–H groups in total. The van der Waals surface area contributed by atoms with Gasteiger partial charge in [0.15, 0.2) is 5.82 Å². The Hall–Kier alpha value is -2.12. The van der Waals surface area contributed by atoms with Crippen molar-refractivity contribution in [2.75, 3.05) is 6.61 Å². The summed E-state index contributed by atoms with van der Waals surface area (Å²) in [5.74, 6) is 2.42. The van der Waals surface area contributed by atoms with E-state index in [4.69, 9.17) is 4.74 Å². The molecule has 0 saturated heterocycles. The molecule has 0 spiro atoms. The van der Waals surface area contributed by atoms with Crippen molar-refractivity contribution in [2.45, 2.75) is 24.8 Å². The molecular weight excluding hydrogens is 412 g/mol. The summed E-state index contributed by atoms with van der Waals surface area (Å²) in [7, 11) is 0. The van der Waals surface area contributed by atoms with Gasteiger partial charge in [-0.25, -0.2) is 0 Å². The first-order valence-electron chi connectivity index (χ1n) is 8.22. The smallest absolute Gasteiger partial charge is 0.212 e. The first-order chi connectivity index (χ1) is 12.7. The van der Waals surface area contributed by atoms with Gasteiger partial charge >= 0.3 is 0 Å². The van der Waals surface area contributed by atoms with Gasteiger partial charge in [-0.2, -0.15) is 9.78 Å². The average molecular weight is 431 g/mol. The van der Waals surface area contributed by atoms with Gasteiger partial charge in [-0.3, -0.25) is 0 Å². The van der Waals surface area contributed by atoms with Crippen LogP contribution in [0, 0.1) is 6.92 Å². The monoisotopic (exact) mass is 430 g/mol. The Labute approximate surface area is 165 Å². The van der Waals surface area contributed by atoms with E-state index < -0.39 is 0 Å². The van der Waals surface area contributed by atoms with Crippen LogP contribution in [0.15, 0.2) is 63.3 Å². The lowest BCUT2D eigenvalue weighted by Gasteiger charge is -2.04. The topological polar surface area (TPSA) is 52.3 Å². The van der Waals surface area contributed by atoms with Gasteiger partial charge in [-0.1, -0.05) is 39.8 Å². The number of ether oxygens (including phenoxy) is 1. The minimum Gasteiger partial charge on any atom is -0.494 e. The van der Waals surface area contributed by atoms with E-state index in [0.717, 1.165) is 32.5 Å². The molecule has 26 heavy (non-hydrogen) atoms. The van der Waals surface area contributed by atoms with Crippen LogP contribution in [0.3, 0.4) is 0 Å². The fraction of sp³-hybridized carbons (Fsp3) is 0.211. The number of halogens is 1. The zero-order valence-electron chi connectivity index (χ0n) is 14.6. The van der Waals surface area contributed by atoms with Crippen LogP contribution in [0.4, 0.5) is 0 Å². The summed E-state index contributed by atoms with van der Waals surface area (Å²) >= 11 is 5.06. The Balaban J connectivity index is 1.69. The molecule has 0 unspecified atom stereocenters. The van der Waals surface area contributed by atoms with Crippen LogP contribution >= 0.6 is 27.7 Å². The minimum absolute atomic E-state index is 0.659. The van der Waals surface area contributed by atoms with Crippen LogP contribution in [0.1, 0.15) is 23.9 Å². The van der Waals surface area contributed by atoms with E-state index in [0.29, 0.717) is 6.61 Å². The third-order valence-corrected chi connectivity index (χ3v) is 5.08. The maximum Gasteiger partial charge on any atom is 0.212 e. The third kappa shape index (κ3) is 4.95. The zero-order chi connectivity index (χ0) is 18.4. The molecule has 0 aliphatic rings. The summed E-state index contributed by atoms with van der Waals surface area (Å²) in [5, 5.41) is 13.7. The molecule has 0 amide bonds. The number of aryl methyl sites for hydroxylation is 1. The lowest BCUT2D eigenvalue weighted by Crippen LogP contribution is -1.97. The molecule has 2 aromatic carbocycles. The molecule has 0 fully saturated rings. The van der Waals surface area contributed by atoms with Gasteiger partial charge in [-0.15, -0.1) is 10.2 Å². The number of benzene rings is 2. The predicted molar refractivity (Wildman–Crippen MR) is 109 cm³/mol. The zero-order valence-corrected chi connectivity index (χ0v) is 17.0. The van der Waals surface area contributed by atoms with Gasteiger partial charge in [0, 0.05) is 10.2 Å². The van der Waals surface area contributed by atoms with Crippen molar-refractivity contribution in [2.24, 2.45) is 5.10 Å². The highest BCUT2D eigenvalue weighted by atomic mass is 79.9. The molecule has 0 atom stereocenters. The Morgan fingerprint density at radius 1 is 1.12 bits per heavy atom. The third-order valence-electron chi connectivity index (χ3n) is 3.56. The van der Waals surface area contributed by atoms with Crippen molar-refractivity contribution in [3.8, 4) is 5.75 Å². The molecule has 0 radical (unpaired) electrons. The Kier molecular flexibility index (Phi) is 6.46. The van der Waals surface area contributed by atoms with Crippen molar-refractivity contribution in [1.29, 1.82) is 0 Å². The van der Waals surface area contributed by atoms with Crippen LogP contribution in [-0.2, 0) is 5.75 Å². The largest absolute Gasteiger partial charge is 0.494 e. The van der Waals surface area contributed by atoms with Crippen molar-refractivity contribution in [1.82, 2.24) is 14.9 Å². The molecule has 1 heterocycles. The van der Waals surface area contributed by atoms with Crippen molar-refractivity contribution in [3.63, 3.8) is 0 Å². The number of thioether (sulfide) groups is 1. The fourth-order valence-electron chi connectivity index (χ4n) is 2.23. The van der Waals surface area contributed by atoms with Gasteiger partial charge in [-0.05, 0) is 61.4 Å². The van der Waals surface area contributed by atoms with Gasteiger partial charge < -0.3 is 4.74 Å². The predicted octanol–water partition coefficient (Wildman–Crippen LogP) is 4.92. The first-order valence-corrected chi connectivity index (χ1v) is 10.00. The average Bonchev–Trinajstić information content (AvgIpc) is 3.01. The van der Waals surface area contributed by atoms with E-state index in [2.05, 4.69) is 43.4 Å². The molecule has 0 aliphatic heterocycles. The highest BCUT2D eigenvalue weighted by Crippen LogP contribution is 2.23. The van der Waals surface area contributed by atoms with Crippen LogP contribution < -0.4 is 4.74 Å². The molecular formula is C19H19BrN4OS. The van der Waals surface area contributed by atoms with Gasteiger partial charge in [0.1, 0.15) is 5.75 Å². The summed E-state index contributed by atoms with van der Waals surface area (Å²) in [6, 6.07) is 16.1. The van der Waals surface area contributed by atoms with E-state index in [-0.39, 0.29) is 0 Å². The standard InChI is InChI=1S/C19H19BrN4OS/c1-3-25-18-10-6-15(7-11-18)12-21-24-14(2)22-23-19(24)26-13-16-4-8-17(20)9-5-16/h4-12H,3,13H2,1-2H3/b21-12-. The number of aromatic nitrogens is 3. The molecule has 134 valence electrons. The van der Waals surface area contributed by atoms with Crippen molar-refractivity contribution >= 4 is 33.9 Å². The van der Waals surface area contributed by atoms with Crippen LogP contribution in [0.5, 0.6) is 5.75 Å². The molecule has 3 rings (SSSR count). The normalized spacial score (nSPS) is 11.2. The second kappa shape index (κ2) is 9.00. The van der Waals surface area contributed by atoms with E-state index in [9.17, 15) is 0 Å². The minimum atomic E-state index is 0.659. The van der Waals surface area contributed by atoms with Crippen molar-refractivity contribution in [3.05, 3.63) is 70.0 Å². The molecule has 1 aromatic heterocycles. The second-order valence-corrected chi connectivity index (χ2v) is 7.36. The maximum atomic E-state index is 5.45. The highest BCUT2D eigenvalue weighted by molar-refractivity contribution is 9.10. The first kappa shape index (κ1) is 18.7. The Morgan fingerprint density at radius 2 is 1.85 bits per heavy atom. The number of rotatable bonds is 7.